The van der Waals surface area contributed by atoms with Gasteiger partial charge in [0.05, 0.1) is 22.0 Å². The van der Waals surface area contributed by atoms with E-state index in [2.05, 4.69) is 38.5 Å². The summed E-state index contributed by atoms with van der Waals surface area (Å²) in [6, 6.07) is 18.4. The fourth-order valence-corrected chi connectivity index (χ4v) is 7.72. The van der Waals surface area contributed by atoms with Crippen LogP contribution in [0.4, 0.5) is 5.69 Å². The van der Waals surface area contributed by atoms with Crippen LogP contribution in [0.25, 0.3) is 10.8 Å². The van der Waals surface area contributed by atoms with Crippen molar-refractivity contribution in [2.45, 2.75) is 18.8 Å². The fourth-order valence-electron chi connectivity index (χ4n) is 6.91. The van der Waals surface area contributed by atoms with Gasteiger partial charge in [-0.1, -0.05) is 48.0 Å². The Labute approximate surface area is 251 Å². The molecular formula is C32H21BrINO5. The molecule has 0 spiro atoms. The Morgan fingerprint density at radius 1 is 0.900 bits per heavy atom. The maximum absolute atomic E-state index is 14.0. The molecule has 4 atom stereocenters. The fraction of sp³-hybridized carbons (Fsp3) is 0.188. The molecule has 1 N–H and O–H groups in total. The molecule has 1 saturated heterocycles. The molecule has 6 nitrogen and oxygen atoms in total. The average Bonchev–Trinajstić information content (AvgIpc) is 3.21. The number of ketones is 2. The molecule has 2 amide bonds. The summed E-state index contributed by atoms with van der Waals surface area (Å²) in [4.78, 5) is 55.8. The maximum atomic E-state index is 14.0. The summed E-state index contributed by atoms with van der Waals surface area (Å²) in [7, 11) is 0. The van der Waals surface area contributed by atoms with Crippen LogP contribution in [0.2, 0.25) is 0 Å². The second kappa shape index (κ2) is 9.34. The number of carbonyl (C=O) groups is 4. The number of fused-ring (bicyclic) bond motifs is 4. The van der Waals surface area contributed by atoms with Crippen molar-refractivity contribution < 1.29 is 24.3 Å². The Bertz CT molecular complexity index is 1790. The quantitative estimate of drug-likeness (QED) is 0.150. The standard InChI is InChI=1S/C32H21BrINO5/c33-24-14-25(36)28-23(30(24)38)13-22-19(26(28)20-10-5-15-3-1-2-4-18(15)29(20)37)11-12-21-27(22)32(40)35(31(21)39)17-8-6-16(34)7-9-17/h1-11,14,21-22,26-27,37H,12-13H2/t21-,22+,26+,27-/m0/s1. The van der Waals surface area contributed by atoms with Gasteiger partial charge >= 0.3 is 0 Å². The lowest BCUT2D eigenvalue weighted by Crippen LogP contribution is -2.39. The van der Waals surface area contributed by atoms with Gasteiger partial charge in [0.1, 0.15) is 5.75 Å². The van der Waals surface area contributed by atoms with Gasteiger partial charge in [0.25, 0.3) is 0 Å². The molecule has 1 fully saturated rings. The zero-order valence-electron chi connectivity index (χ0n) is 20.9. The van der Waals surface area contributed by atoms with Crippen molar-refractivity contribution in [3.8, 4) is 5.75 Å². The van der Waals surface area contributed by atoms with E-state index in [-0.39, 0.29) is 40.0 Å². The highest BCUT2D eigenvalue weighted by molar-refractivity contribution is 14.1. The van der Waals surface area contributed by atoms with Gasteiger partial charge < -0.3 is 5.11 Å². The number of aromatic hydroxyl groups is 1. The molecule has 0 radical (unpaired) electrons. The normalized spacial score (nSPS) is 26.0. The summed E-state index contributed by atoms with van der Waals surface area (Å²) in [5.74, 6) is -3.48. The number of amides is 2. The molecule has 0 saturated carbocycles. The average molecular weight is 706 g/mol. The number of benzene rings is 3. The number of imide groups is 1. The monoisotopic (exact) mass is 705 g/mol. The molecule has 7 rings (SSSR count). The van der Waals surface area contributed by atoms with E-state index in [1.807, 2.05) is 48.5 Å². The lowest BCUT2D eigenvalue weighted by atomic mass is 9.59. The minimum Gasteiger partial charge on any atom is -0.507 e. The Hall–Kier alpha value is -3.37. The first-order valence-corrected chi connectivity index (χ1v) is 14.9. The number of phenolic OH excluding ortho intramolecular Hbond substituents is 1. The van der Waals surface area contributed by atoms with Crippen LogP contribution in [-0.4, -0.2) is 28.5 Å². The molecule has 198 valence electrons. The van der Waals surface area contributed by atoms with E-state index in [4.69, 9.17) is 0 Å². The predicted octanol–water partition coefficient (Wildman–Crippen LogP) is 6.12. The number of nitrogens with zero attached hydrogens (tertiary/aromatic N) is 1. The molecule has 0 bridgehead atoms. The number of halogens is 2. The Kier molecular flexibility index (Phi) is 5.98. The van der Waals surface area contributed by atoms with Crippen LogP contribution in [0.15, 0.2) is 94.0 Å². The Morgan fingerprint density at radius 2 is 1.65 bits per heavy atom. The molecule has 1 aliphatic heterocycles. The van der Waals surface area contributed by atoms with E-state index in [1.165, 1.54) is 11.0 Å². The summed E-state index contributed by atoms with van der Waals surface area (Å²) in [5.41, 5.74) is 2.53. The molecule has 0 aromatic heterocycles. The topological polar surface area (TPSA) is 91.8 Å². The zero-order chi connectivity index (χ0) is 27.9. The van der Waals surface area contributed by atoms with Gasteiger partial charge in [0.2, 0.25) is 11.8 Å². The summed E-state index contributed by atoms with van der Waals surface area (Å²) < 4.78 is 1.16. The van der Waals surface area contributed by atoms with Gasteiger partial charge in [-0.15, -0.1) is 0 Å². The smallest absolute Gasteiger partial charge is 0.238 e. The van der Waals surface area contributed by atoms with Gasteiger partial charge in [0, 0.05) is 37.7 Å². The van der Waals surface area contributed by atoms with Crippen molar-refractivity contribution in [3.05, 3.63) is 103 Å². The van der Waals surface area contributed by atoms with E-state index in [0.717, 1.165) is 14.5 Å². The first-order valence-electron chi connectivity index (χ1n) is 13.0. The van der Waals surface area contributed by atoms with Gasteiger partial charge in [-0.3, -0.25) is 24.1 Å². The van der Waals surface area contributed by atoms with Crippen molar-refractivity contribution in [1.29, 1.82) is 0 Å². The largest absolute Gasteiger partial charge is 0.507 e. The minimum absolute atomic E-state index is 0.0434. The van der Waals surface area contributed by atoms with Crippen molar-refractivity contribution in [2.75, 3.05) is 4.90 Å². The molecule has 3 aromatic rings. The number of rotatable bonds is 2. The van der Waals surface area contributed by atoms with Crippen molar-refractivity contribution >= 4 is 78.4 Å². The van der Waals surface area contributed by atoms with Crippen LogP contribution in [0.3, 0.4) is 0 Å². The van der Waals surface area contributed by atoms with E-state index < -0.39 is 23.7 Å². The van der Waals surface area contributed by atoms with Crippen LogP contribution in [0.1, 0.15) is 24.3 Å². The molecule has 3 aromatic carbocycles. The number of hydrogen-bond donors (Lipinski definition) is 1. The SMILES string of the molecule is O=C1C=C(Br)C(=O)C2=C1[C@@H](c1ccc3ccccc3c1O)C1=CC[C@@H]3C(=O)N(c4ccc(I)cc4)C(=O)[C@@H]3[C@@H]1C2. The Balaban J connectivity index is 1.40. The minimum atomic E-state index is -0.706. The van der Waals surface area contributed by atoms with Gasteiger partial charge in [-0.05, 0) is 86.9 Å². The van der Waals surface area contributed by atoms with E-state index >= 15 is 0 Å². The number of Topliss-reactive ketones (excluding diaryl/α,β-unsaturated/α-hetero) is 1. The second-order valence-electron chi connectivity index (χ2n) is 10.6. The van der Waals surface area contributed by atoms with E-state index in [0.29, 0.717) is 34.2 Å². The highest BCUT2D eigenvalue weighted by Gasteiger charge is 2.56. The first kappa shape index (κ1) is 25.6. The number of anilines is 1. The Morgan fingerprint density at radius 3 is 2.42 bits per heavy atom. The number of phenols is 1. The van der Waals surface area contributed by atoms with Gasteiger partial charge in [0.15, 0.2) is 11.6 Å². The van der Waals surface area contributed by atoms with E-state index in [1.54, 1.807) is 18.2 Å². The molecule has 40 heavy (non-hydrogen) atoms. The number of allylic oxidation sites excluding steroid dienone is 6. The van der Waals surface area contributed by atoms with Crippen molar-refractivity contribution in [2.24, 2.45) is 17.8 Å². The van der Waals surface area contributed by atoms with Crippen LogP contribution in [0.5, 0.6) is 5.75 Å². The van der Waals surface area contributed by atoms with Crippen LogP contribution in [-0.2, 0) is 19.2 Å². The highest BCUT2D eigenvalue weighted by atomic mass is 127. The molecular weight excluding hydrogens is 685 g/mol. The lowest BCUT2D eigenvalue weighted by molar-refractivity contribution is -0.123. The third-order valence-electron chi connectivity index (χ3n) is 8.66. The van der Waals surface area contributed by atoms with Crippen molar-refractivity contribution in [3.63, 3.8) is 0 Å². The molecule has 3 aliphatic carbocycles. The number of carbonyl (C=O) groups excluding carboxylic acids is 4. The summed E-state index contributed by atoms with van der Waals surface area (Å²) >= 11 is 5.43. The summed E-state index contributed by atoms with van der Waals surface area (Å²) in [5, 5.41) is 13.0. The van der Waals surface area contributed by atoms with Crippen LogP contribution >= 0.6 is 38.5 Å². The van der Waals surface area contributed by atoms with Crippen molar-refractivity contribution in [1.82, 2.24) is 0 Å². The molecule has 0 unspecified atom stereocenters. The number of hydrogen-bond acceptors (Lipinski definition) is 5. The van der Waals surface area contributed by atoms with Crippen LogP contribution < -0.4 is 4.90 Å². The van der Waals surface area contributed by atoms with Crippen LogP contribution in [0, 0.1) is 21.3 Å². The zero-order valence-corrected chi connectivity index (χ0v) is 24.7. The summed E-state index contributed by atoms with van der Waals surface area (Å²) in [6.07, 6.45) is 3.78. The predicted molar refractivity (Wildman–Crippen MR) is 162 cm³/mol. The third-order valence-corrected chi connectivity index (χ3v) is 9.97. The van der Waals surface area contributed by atoms with Gasteiger partial charge in [-0.2, -0.15) is 0 Å². The second-order valence-corrected chi connectivity index (χ2v) is 12.7. The molecule has 8 heteroatoms. The van der Waals surface area contributed by atoms with Gasteiger partial charge in [-0.25, -0.2) is 0 Å². The highest BCUT2D eigenvalue weighted by Crippen LogP contribution is 2.57. The molecule has 1 heterocycles. The third kappa shape index (κ3) is 3.65. The lowest BCUT2D eigenvalue weighted by Gasteiger charge is -2.42. The van der Waals surface area contributed by atoms with E-state index in [9.17, 15) is 24.3 Å². The molecule has 4 aliphatic rings. The maximum Gasteiger partial charge on any atom is 0.238 e. The summed E-state index contributed by atoms with van der Waals surface area (Å²) in [6.45, 7) is 0. The first-order chi connectivity index (χ1) is 19.3.